The number of amides is 2. The summed E-state index contributed by atoms with van der Waals surface area (Å²) in [5, 5.41) is 3.14. The topological polar surface area (TPSA) is 58.2 Å². The van der Waals surface area contributed by atoms with Crippen LogP contribution in [0.3, 0.4) is 0 Å². The van der Waals surface area contributed by atoms with Crippen molar-refractivity contribution in [2.75, 3.05) is 13.1 Å². The van der Waals surface area contributed by atoms with E-state index in [1.165, 1.54) is 18.2 Å². The SMILES string of the molecule is O=C(CNC(=O)c1ccc(CC=C(c2cc(Cl)c(Cl)c(Cl)c2)C(F)(F)F)cc1Cl)NCC(F)(F)F. The maximum Gasteiger partial charge on any atom is 0.416 e. The Labute approximate surface area is 215 Å². The highest BCUT2D eigenvalue weighted by atomic mass is 35.5. The quantitative estimate of drug-likeness (QED) is 0.276. The van der Waals surface area contributed by atoms with Gasteiger partial charge < -0.3 is 10.6 Å². The van der Waals surface area contributed by atoms with Crippen molar-refractivity contribution in [1.29, 1.82) is 0 Å². The summed E-state index contributed by atoms with van der Waals surface area (Å²) in [5.41, 5.74) is -1.15. The zero-order valence-electron chi connectivity index (χ0n) is 17.2. The first-order valence-corrected chi connectivity index (χ1v) is 10.9. The van der Waals surface area contributed by atoms with Gasteiger partial charge >= 0.3 is 12.4 Å². The molecule has 0 radical (unpaired) electrons. The Kier molecular flexibility index (Phi) is 9.75. The fraction of sp³-hybridized carbons (Fsp3) is 0.238. The Morgan fingerprint density at radius 1 is 0.857 bits per heavy atom. The summed E-state index contributed by atoms with van der Waals surface area (Å²) in [6, 6.07) is 5.84. The van der Waals surface area contributed by atoms with Gasteiger partial charge in [0.25, 0.3) is 5.91 Å². The third kappa shape index (κ3) is 8.79. The van der Waals surface area contributed by atoms with E-state index < -0.39 is 42.8 Å². The molecule has 0 unspecified atom stereocenters. The number of benzene rings is 2. The molecule has 0 aliphatic carbocycles. The maximum absolute atomic E-state index is 13.6. The number of hydrogen-bond acceptors (Lipinski definition) is 2. The minimum atomic E-state index is -4.75. The molecule has 2 aromatic carbocycles. The van der Waals surface area contributed by atoms with Crippen molar-refractivity contribution in [1.82, 2.24) is 10.6 Å². The summed E-state index contributed by atoms with van der Waals surface area (Å²) in [6.45, 7) is -2.30. The van der Waals surface area contributed by atoms with E-state index in [-0.39, 0.29) is 37.6 Å². The number of nitrogens with one attached hydrogen (secondary N) is 2. The largest absolute Gasteiger partial charge is 0.416 e. The molecule has 14 heteroatoms. The average molecular weight is 582 g/mol. The first-order valence-electron chi connectivity index (χ1n) is 9.41. The van der Waals surface area contributed by atoms with Crippen LogP contribution in [0.5, 0.6) is 0 Å². The average Bonchev–Trinajstić information content (AvgIpc) is 2.73. The monoisotopic (exact) mass is 580 g/mol. The second kappa shape index (κ2) is 11.7. The van der Waals surface area contributed by atoms with Crippen LogP contribution in [0, 0.1) is 0 Å². The molecule has 0 atom stereocenters. The zero-order chi connectivity index (χ0) is 26.6. The highest BCUT2D eigenvalue weighted by Crippen LogP contribution is 2.39. The van der Waals surface area contributed by atoms with Gasteiger partial charge in [0, 0.05) is 0 Å². The van der Waals surface area contributed by atoms with Crippen LogP contribution in [0.1, 0.15) is 21.5 Å². The van der Waals surface area contributed by atoms with E-state index in [0.717, 1.165) is 18.2 Å². The minimum Gasteiger partial charge on any atom is -0.345 e. The summed E-state index contributed by atoms with van der Waals surface area (Å²) < 4.78 is 77.2. The molecule has 0 heterocycles. The highest BCUT2D eigenvalue weighted by Gasteiger charge is 2.35. The van der Waals surface area contributed by atoms with Crippen LogP contribution in [-0.2, 0) is 11.2 Å². The number of rotatable bonds is 7. The molecule has 0 spiro atoms. The standard InChI is InChI=1S/C21H14Cl4F6N2O2/c22-14-5-10(1-3-12(14)19(35)32-8-17(34)33-9-20(26,27)28)2-4-13(21(29,30)31)11-6-15(23)18(25)16(24)7-11/h1,3-7H,2,8-9H2,(H,32,35)(H,33,34). The molecule has 2 rings (SSSR count). The van der Waals surface area contributed by atoms with Gasteiger partial charge in [0.2, 0.25) is 5.91 Å². The predicted molar refractivity (Wildman–Crippen MR) is 122 cm³/mol. The van der Waals surface area contributed by atoms with Crippen LogP contribution in [0.2, 0.25) is 20.1 Å². The van der Waals surface area contributed by atoms with Gasteiger partial charge in [-0.2, -0.15) is 26.3 Å². The van der Waals surface area contributed by atoms with E-state index >= 15 is 0 Å². The molecular formula is C21H14Cl4F6N2O2. The van der Waals surface area contributed by atoms with Crippen LogP contribution in [0.25, 0.3) is 5.57 Å². The Morgan fingerprint density at radius 2 is 1.46 bits per heavy atom. The van der Waals surface area contributed by atoms with Gasteiger partial charge in [-0.3, -0.25) is 9.59 Å². The second-order valence-electron chi connectivity index (χ2n) is 6.96. The molecule has 0 aromatic heterocycles. The van der Waals surface area contributed by atoms with E-state index in [4.69, 9.17) is 46.4 Å². The predicted octanol–water partition coefficient (Wildman–Crippen LogP) is 6.90. The van der Waals surface area contributed by atoms with Gasteiger partial charge in [-0.1, -0.05) is 58.5 Å². The molecule has 0 fully saturated rings. The summed E-state index contributed by atoms with van der Waals surface area (Å²) >= 11 is 23.5. The summed E-state index contributed by atoms with van der Waals surface area (Å²) in [4.78, 5) is 23.6. The van der Waals surface area contributed by atoms with E-state index in [9.17, 15) is 35.9 Å². The Bertz CT molecular complexity index is 1130. The van der Waals surface area contributed by atoms with Gasteiger partial charge in [-0.05, 0) is 41.8 Å². The van der Waals surface area contributed by atoms with Crippen LogP contribution in [0.4, 0.5) is 26.3 Å². The Morgan fingerprint density at radius 3 is 1.97 bits per heavy atom. The van der Waals surface area contributed by atoms with E-state index in [1.807, 2.05) is 0 Å². The van der Waals surface area contributed by atoms with Gasteiger partial charge in [0.05, 0.1) is 37.8 Å². The summed E-state index contributed by atoms with van der Waals surface area (Å²) in [5.74, 6) is -1.93. The van der Waals surface area contributed by atoms with Crippen LogP contribution in [0.15, 0.2) is 36.4 Å². The third-order valence-corrected chi connectivity index (χ3v) is 5.83. The second-order valence-corrected chi connectivity index (χ2v) is 8.56. The molecule has 0 saturated heterocycles. The van der Waals surface area contributed by atoms with Crippen molar-refractivity contribution >= 4 is 63.8 Å². The molecule has 0 aliphatic rings. The minimum absolute atomic E-state index is 0.0860. The molecule has 2 amide bonds. The van der Waals surface area contributed by atoms with E-state index in [0.29, 0.717) is 5.56 Å². The maximum atomic E-state index is 13.6. The zero-order valence-corrected chi connectivity index (χ0v) is 20.2. The number of halogens is 10. The van der Waals surface area contributed by atoms with E-state index in [1.54, 1.807) is 5.32 Å². The summed E-state index contributed by atoms with van der Waals surface area (Å²) in [7, 11) is 0. The number of alkyl halides is 6. The normalized spacial score (nSPS) is 12.5. The molecule has 0 aliphatic heterocycles. The molecular weight excluding hydrogens is 568 g/mol. The third-order valence-electron chi connectivity index (χ3n) is 4.32. The summed E-state index contributed by atoms with van der Waals surface area (Å²) in [6.07, 6.45) is -8.72. The van der Waals surface area contributed by atoms with Crippen LogP contribution >= 0.6 is 46.4 Å². The van der Waals surface area contributed by atoms with Crippen molar-refractivity contribution in [3.8, 4) is 0 Å². The first-order chi connectivity index (χ1) is 16.1. The Hall–Kier alpha value is -2.14. The molecule has 4 nitrogen and oxygen atoms in total. The number of hydrogen-bond donors (Lipinski definition) is 2. The van der Waals surface area contributed by atoms with Crippen molar-refractivity contribution < 1.29 is 35.9 Å². The lowest BCUT2D eigenvalue weighted by Gasteiger charge is -2.14. The van der Waals surface area contributed by atoms with Gasteiger partial charge in [-0.15, -0.1) is 0 Å². The molecule has 0 bridgehead atoms. The number of allylic oxidation sites excluding steroid dienone is 2. The van der Waals surface area contributed by atoms with Crippen LogP contribution < -0.4 is 10.6 Å². The van der Waals surface area contributed by atoms with Crippen molar-refractivity contribution in [3.63, 3.8) is 0 Å². The van der Waals surface area contributed by atoms with E-state index in [2.05, 4.69) is 5.32 Å². The number of carbonyl (C=O) groups excluding carboxylic acids is 2. The van der Waals surface area contributed by atoms with Crippen LogP contribution in [-0.4, -0.2) is 37.3 Å². The Balaban J connectivity index is 2.15. The van der Waals surface area contributed by atoms with Gasteiger partial charge in [0.1, 0.15) is 6.54 Å². The van der Waals surface area contributed by atoms with Crippen molar-refractivity contribution in [3.05, 3.63) is 73.2 Å². The van der Waals surface area contributed by atoms with Gasteiger partial charge in [-0.25, -0.2) is 0 Å². The first kappa shape index (κ1) is 29.1. The van der Waals surface area contributed by atoms with Crippen molar-refractivity contribution in [2.45, 2.75) is 18.8 Å². The lowest BCUT2D eigenvalue weighted by atomic mass is 10.0. The molecule has 2 aromatic rings. The van der Waals surface area contributed by atoms with Crippen molar-refractivity contribution in [2.24, 2.45) is 0 Å². The smallest absolute Gasteiger partial charge is 0.345 e. The molecule has 35 heavy (non-hydrogen) atoms. The molecule has 0 saturated carbocycles. The lowest BCUT2D eigenvalue weighted by molar-refractivity contribution is -0.137. The number of carbonyl (C=O) groups is 2. The fourth-order valence-corrected chi connectivity index (χ4v) is 3.60. The molecule has 190 valence electrons. The van der Waals surface area contributed by atoms with Gasteiger partial charge in [0.15, 0.2) is 0 Å². The highest BCUT2D eigenvalue weighted by molar-refractivity contribution is 6.48. The fourth-order valence-electron chi connectivity index (χ4n) is 2.71. The molecule has 2 N–H and O–H groups in total. The lowest BCUT2D eigenvalue weighted by Crippen LogP contribution is -2.40.